The monoisotopic (exact) mass is 206 g/mol. The van der Waals surface area contributed by atoms with Gasteiger partial charge in [-0.2, -0.15) is 5.10 Å². The fourth-order valence-electron chi connectivity index (χ4n) is 0.967. The van der Waals surface area contributed by atoms with Crippen LogP contribution in [0.1, 0.15) is 10.4 Å². The Bertz CT molecular complexity index is 373. The molecule has 5 nitrogen and oxygen atoms in total. The van der Waals surface area contributed by atoms with Crippen LogP contribution in [0.15, 0.2) is 29.4 Å². The van der Waals surface area contributed by atoms with Crippen LogP contribution in [0, 0.1) is 0 Å². The maximum absolute atomic E-state index is 11.5. The van der Waals surface area contributed by atoms with Crippen molar-refractivity contribution in [3.05, 3.63) is 29.8 Å². The summed E-state index contributed by atoms with van der Waals surface area (Å²) in [6.45, 7) is 0. The number of hydrogen-bond donors (Lipinski definition) is 2. The van der Waals surface area contributed by atoms with Crippen LogP contribution in [0.3, 0.4) is 0 Å². The Morgan fingerprint density at radius 1 is 1.47 bits per heavy atom. The number of anilines is 1. The first-order valence-electron chi connectivity index (χ1n) is 4.45. The first-order valence-corrected chi connectivity index (χ1v) is 4.45. The molecule has 0 atom stereocenters. The zero-order valence-corrected chi connectivity index (χ0v) is 8.77. The molecule has 0 fully saturated rings. The predicted octanol–water partition coefficient (Wildman–Crippen LogP) is 0.503. The summed E-state index contributed by atoms with van der Waals surface area (Å²) in [6, 6.07) is 6.84. The number of hydrogen-bond acceptors (Lipinski definition) is 3. The quantitative estimate of drug-likeness (QED) is 0.327. The number of nitrogens with one attached hydrogen (secondary N) is 1. The maximum Gasteiger partial charge on any atom is 0.273 e. The van der Waals surface area contributed by atoms with Crippen molar-refractivity contribution in [1.82, 2.24) is 10.3 Å². The molecule has 0 heterocycles. The molecule has 3 N–H and O–H groups in total. The molecule has 0 aliphatic rings. The van der Waals surface area contributed by atoms with Gasteiger partial charge in [0.15, 0.2) is 0 Å². The molecular weight excluding hydrogens is 192 g/mol. The molecule has 0 bridgehead atoms. The van der Waals surface area contributed by atoms with Crippen molar-refractivity contribution >= 4 is 17.9 Å². The van der Waals surface area contributed by atoms with E-state index in [2.05, 4.69) is 10.5 Å². The summed E-state index contributed by atoms with van der Waals surface area (Å²) in [5.74, 6) is -0.314. The number of benzene rings is 1. The lowest BCUT2D eigenvalue weighted by atomic mass is 10.2. The Kier molecular flexibility index (Phi) is 3.68. The Hall–Kier alpha value is -2.04. The van der Waals surface area contributed by atoms with Crippen LogP contribution >= 0.6 is 0 Å². The van der Waals surface area contributed by atoms with Gasteiger partial charge in [0, 0.05) is 19.8 Å². The van der Waals surface area contributed by atoms with Crippen LogP contribution in [0.25, 0.3) is 0 Å². The summed E-state index contributed by atoms with van der Waals surface area (Å²) in [4.78, 5) is 13.2. The number of hydrazone groups is 1. The third-order valence-corrected chi connectivity index (χ3v) is 1.66. The number of nitrogens with zero attached hydrogens (tertiary/aromatic N) is 2. The Labute approximate surface area is 88.6 Å². The first kappa shape index (κ1) is 11.0. The Morgan fingerprint density at radius 3 is 2.73 bits per heavy atom. The van der Waals surface area contributed by atoms with Crippen LogP contribution < -0.4 is 11.2 Å². The molecule has 1 amide bonds. The van der Waals surface area contributed by atoms with Crippen LogP contribution in [0.5, 0.6) is 0 Å². The standard InChI is InChI=1S/C10H14N4O/c1-14(2)7-12-13-10(15)8-5-3-4-6-9(8)11/h3-7H,11H2,1-2H3,(H,13,15). The Morgan fingerprint density at radius 2 is 2.13 bits per heavy atom. The van der Waals surface area contributed by atoms with E-state index in [1.165, 1.54) is 6.34 Å². The van der Waals surface area contributed by atoms with Gasteiger partial charge in [0.05, 0.1) is 5.56 Å². The van der Waals surface area contributed by atoms with Gasteiger partial charge < -0.3 is 10.6 Å². The number of amides is 1. The normalized spacial score (nSPS) is 10.3. The van der Waals surface area contributed by atoms with E-state index >= 15 is 0 Å². The van der Waals surface area contributed by atoms with Crippen molar-refractivity contribution in [2.75, 3.05) is 19.8 Å². The molecule has 0 aliphatic carbocycles. The number of nitrogens with two attached hydrogens (primary N) is 1. The molecule has 0 saturated heterocycles. The van der Waals surface area contributed by atoms with E-state index in [0.29, 0.717) is 11.3 Å². The van der Waals surface area contributed by atoms with Gasteiger partial charge in [0.2, 0.25) is 0 Å². The van der Waals surface area contributed by atoms with Gasteiger partial charge in [-0.05, 0) is 12.1 Å². The van der Waals surface area contributed by atoms with Crippen molar-refractivity contribution in [3.8, 4) is 0 Å². The number of rotatable bonds is 3. The van der Waals surface area contributed by atoms with Gasteiger partial charge in [-0.1, -0.05) is 12.1 Å². The molecule has 0 aromatic heterocycles. The minimum atomic E-state index is -0.314. The molecule has 0 unspecified atom stereocenters. The van der Waals surface area contributed by atoms with E-state index in [1.54, 1.807) is 29.2 Å². The van der Waals surface area contributed by atoms with E-state index < -0.39 is 0 Å². The fraction of sp³-hybridized carbons (Fsp3) is 0.200. The van der Waals surface area contributed by atoms with Crippen molar-refractivity contribution in [2.24, 2.45) is 5.10 Å². The summed E-state index contributed by atoms with van der Waals surface area (Å²) in [7, 11) is 3.62. The van der Waals surface area contributed by atoms with E-state index in [0.717, 1.165) is 0 Å². The molecule has 5 heteroatoms. The molecule has 1 aromatic carbocycles. The van der Waals surface area contributed by atoms with Gasteiger partial charge in [-0.25, -0.2) is 5.43 Å². The highest BCUT2D eigenvalue weighted by molar-refractivity contribution is 5.99. The maximum atomic E-state index is 11.5. The number of carbonyl (C=O) groups is 1. The van der Waals surface area contributed by atoms with Gasteiger partial charge in [0.1, 0.15) is 6.34 Å². The van der Waals surface area contributed by atoms with E-state index in [1.807, 2.05) is 14.1 Å². The lowest BCUT2D eigenvalue weighted by Crippen LogP contribution is -2.21. The van der Waals surface area contributed by atoms with Crippen molar-refractivity contribution in [2.45, 2.75) is 0 Å². The van der Waals surface area contributed by atoms with Crippen molar-refractivity contribution in [1.29, 1.82) is 0 Å². The minimum absolute atomic E-state index is 0.314. The second-order valence-corrected chi connectivity index (χ2v) is 3.24. The summed E-state index contributed by atoms with van der Waals surface area (Å²) >= 11 is 0. The molecule has 0 aliphatic heterocycles. The van der Waals surface area contributed by atoms with Crippen LogP contribution in [-0.2, 0) is 0 Å². The van der Waals surface area contributed by atoms with E-state index in [9.17, 15) is 4.79 Å². The SMILES string of the molecule is CN(C)C=NNC(=O)c1ccccc1N. The second kappa shape index (κ2) is 4.99. The molecule has 1 aromatic rings. The number of para-hydroxylation sites is 1. The largest absolute Gasteiger partial charge is 0.398 e. The smallest absolute Gasteiger partial charge is 0.273 e. The molecule has 80 valence electrons. The van der Waals surface area contributed by atoms with Crippen molar-refractivity contribution < 1.29 is 4.79 Å². The van der Waals surface area contributed by atoms with E-state index in [-0.39, 0.29) is 5.91 Å². The molecule has 15 heavy (non-hydrogen) atoms. The van der Waals surface area contributed by atoms with Crippen molar-refractivity contribution in [3.63, 3.8) is 0 Å². The van der Waals surface area contributed by atoms with E-state index in [4.69, 9.17) is 5.73 Å². The zero-order chi connectivity index (χ0) is 11.3. The molecule has 0 radical (unpaired) electrons. The summed E-state index contributed by atoms with van der Waals surface area (Å²) < 4.78 is 0. The minimum Gasteiger partial charge on any atom is -0.398 e. The number of carbonyl (C=O) groups excluding carboxylic acids is 1. The fourth-order valence-corrected chi connectivity index (χ4v) is 0.967. The van der Waals surface area contributed by atoms with Crippen LogP contribution in [0.2, 0.25) is 0 Å². The average Bonchev–Trinajstić information content (AvgIpc) is 2.17. The first-order chi connectivity index (χ1) is 7.11. The van der Waals surface area contributed by atoms with Gasteiger partial charge in [-0.3, -0.25) is 4.79 Å². The highest BCUT2D eigenvalue weighted by Crippen LogP contribution is 2.09. The highest BCUT2D eigenvalue weighted by atomic mass is 16.2. The third-order valence-electron chi connectivity index (χ3n) is 1.66. The average molecular weight is 206 g/mol. The zero-order valence-electron chi connectivity index (χ0n) is 8.77. The predicted molar refractivity (Wildman–Crippen MR) is 60.5 cm³/mol. The van der Waals surface area contributed by atoms with Crippen LogP contribution in [0.4, 0.5) is 5.69 Å². The Balaban J connectivity index is 2.66. The second-order valence-electron chi connectivity index (χ2n) is 3.24. The number of nitrogen functional groups attached to an aromatic ring is 1. The lowest BCUT2D eigenvalue weighted by molar-refractivity contribution is 0.0955. The third kappa shape index (κ3) is 3.30. The summed E-state index contributed by atoms with van der Waals surface area (Å²) in [5.41, 5.74) is 8.87. The van der Waals surface area contributed by atoms with Gasteiger partial charge in [-0.15, -0.1) is 0 Å². The van der Waals surface area contributed by atoms with Gasteiger partial charge >= 0.3 is 0 Å². The summed E-state index contributed by atoms with van der Waals surface area (Å²) in [6.07, 6.45) is 1.50. The molecule has 1 rings (SSSR count). The molecular formula is C10H14N4O. The van der Waals surface area contributed by atoms with Gasteiger partial charge in [0.25, 0.3) is 5.91 Å². The van der Waals surface area contributed by atoms with Crippen LogP contribution in [-0.4, -0.2) is 31.2 Å². The highest BCUT2D eigenvalue weighted by Gasteiger charge is 2.06. The lowest BCUT2D eigenvalue weighted by Gasteiger charge is -2.04. The summed E-state index contributed by atoms with van der Waals surface area (Å²) in [5, 5.41) is 3.73. The molecule has 0 saturated carbocycles. The topological polar surface area (TPSA) is 70.7 Å². The molecule has 0 spiro atoms.